The van der Waals surface area contributed by atoms with Gasteiger partial charge >= 0.3 is 0 Å². The van der Waals surface area contributed by atoms with Gasteiger partial charge in [0.15, 0.2) is 0 Å². The molecule has 0 saturated heterocycles. The van der Waals surface area contributed by atoms with E-state index in [1.807, 2.05) is 40.7 Å². The van der Waals surface area contributed by atoms with E-state index in [-0.39, 0.29) is 5.91 Å². The van der Waals surface area contributed by atoms with Crippen LogP contribution >= 0.6 is 0 Å². The van der Waals surface area contributed by atoms with Crippen LogP contribution in [0.3, 0.4) is 0 Å². The number of nitrogens with one attached hydrogen (secondary N) is 1. The van der Waals surface area contributed by atoms with Crippen LogP contribution in [0.1, 0.15) is 40.5 Å². The molecule has 0 bridgehead atoms. The van der Waals surface area contributed by atoms with Gasteiger partial charge in [0.2, 0.25) is 0 Å². The molecule has 0 aliphatic heterocycles. The van der Waals surface area contributed by atoms with E-state index in [9.17, 15) is 4.79 Å². The van der Waals surface area contributed by atoms with Crippen LogP contribution in [0.2, 0.25) is 0 Å². The molecule has 130 valence electrons. The summed E-state index contributed by atoms with van der Waals surface area (Å²) in [6.07, 6.45) is 6.38. The molecule has 0 spiro atoms. The van der Waals surface area contributed by atoms with Crippen molar-refractivity contribution in [3.05, 3.63) is 71.3 Å². The Morgan fingerprint density at radius 1 is 1.12 bits per heavy atom. The maximum atomic E-state index is 12.4. The van der Waals surface area contributed by atoms with E-state index in [1.54, 1.807) is 12.4 Å². The number of rotatable bonds is 7. The highest BCUT2D eigenvalue weighted by Gasteiger charge is 2.13. The molecule has 0 saturated carbocycles. The summed E-state index contributed by atoms with van der Waals surface area (Å²) < 4.78 is 3.74. The number of carbonyl (C=O) groups is 1. The lowest BCUT2D eigenvalue weighted by Crippen LogP contribution is -2.23. The zero-order chi connectivity index (χ0) is 17.6. The first-order valence-corrected chi connectivity index (χ1v) is 8.53. The van der Waals surface area contributed by atoms with Gasteiger partial charge in [-0.25, -0.2) is 0 Å². The van der Waals surface area contributed by atoms with E-state index in [1.165, 1.54) is 5.56 Å². The minimum absolute atomic E-state index is 0.101. The number of nitrogens with zero attached hydrogens (tertiary/aromatic N) is 4. The lowest BCUT2D eigenvalue weighted by molar-refractivity contribution is 0.0950. The Balaban J connectivity index is 1.58. The molecule has 0 aliphatic rings. The first-order valence-electron chi connectivity index (χ1n) is 8.53. The average molecular weight is 337 g/mol. The van der Waals surface area contributed by atoms with Crippen LogP contribution in [-0.2, 0) is 19.6 Å². The Hall–Kier alpha value is -2.89. The van der Waals surface area contributed by atoms with Gasteiger partial charge in [-0.05, 0) is 18.9 Å². The molecule has 25 heavy (non-hydrogen) atoms. The van der Waals surface area contributed by atoms with Gasteiger partial charge in [0, 0.05) is 30.5 Å². The lowest BCUT2D eigenvalue weighted by atomic mass is 10.2. The Bertz CT molecular complexity index is 835. The molecule has 6 heteroatoms. The minimum Gasteiger partial charge on any atom is -0.348 e. The van der Waals surface area contributed by atoms with E-state index < -0.39 is 0 Å². The summed E-state index contributed by atoms with van der Waals surface area (Å²) in [4.78, 5) is 12.4. The van der Waals surface area contributed by atoms with Crippen molar-refractivity contribution in [2.75, 3.05) is 0 Å². The predicted molar refractivity (Wildman–Crippen MR) is 96.2 cm³/mol. The number of carbonyl (C=O) groups excluding carboxylic acids is 1. The Morgan fingerprint density at radius 3 is 2.68 bits per heavy atom. The third kappa shape index (κ3) is 4.15. The predicted octanol–water partition coefficient (Wildman–Crippen LogP) is 2.78. The molecule has 0 fully saturated rings. The molecule has 0 atom stereocenters. The number of hydrogen-bond donors (Lipinski definition) is 1. The number of hydrogen-bond acceptors (Lipinski definition) is 3. The number of benzene rings is 1. The lowest BCUT2D eigenvalue weighted by Gasteiger charge is -2.05. The smallest absolute Gasteiger partial charge is 0.255 e. The second-order valence-electron chi connectivity index (χ2n) is 6.08. The zero-order valence-electron chi connectivity index (χ0n) is 14.6. The Labute approximate surface area is 147 Å². The molecule has 3 aromatic rings. The van der Waals surface area contributed by atoms with Gasteiger partial charge in [-0.1, -0.05) is 37.3 Å². The van der Waals surface area contributed by atoms with Gasteiger partial charge in [-0.3, -0.25) is 14.2 Å². The van der Waals surface area contributed by atoms with Crippen LogP contribution in [0.15, 0.2) is 48.9 Å². The zero-order valence-corrected chi connectivity index (χ0v) is 14.6. The summed E-state index contributed by atoms with van der Waals surface area (Å²) in [5.74, 6) is -0.101. The SMILES string of the molecule is CCCn1ncc(C(=O)NCc2cnn(Cc3ccccc3)c2)c1C. The van der Waals surface area contributed by atoms with E-state index in [2.05, 4.69) is 34.6 Å². The van der Waals surface area contributed by atoms with Crippen molar-refractivity contribution in [2.24, 2.45) is 0 Å². The second kappa shape index (κ2) is 7.79. The average Bonchev–Trinajstić information content (AvgIpc) is 3.21. The topological polar surface area (TPSA) is 64.7 Å². The third-order valence-corrected chi connectivity index (χ3v) is 4.11. The van der Waals surface area contributed by atoms with Crippen molar-refractivity contribution >= 4 is 5.91 Å². The molecule has 0 aliphatic carbocycles. The Kier molecular flexibility index (Phi) is 5.28. The highest BCUT2D eigenvalue weighted by atomic mass is 16.1. The van der Waals surface area contributed by atoms with Crippen LogP contribution in [0, 0.1) is 6.92 Å². The fourth-order valence-corrected chi connectivity index (χ4v) is 2.74. The molecule has 1 aromatic carbocycles. The summed E-state index contributed by atoms with van der Waals surface area (Å²) >= 11 is 0. The van der Waals surface area contributed by atoms with Crippen molar-refractivity contribution in [1.82, 2.24) is 24.9 Å². The largest absolute Gasteiger partial charge is 0.348 e. The van der Waals surface area contributed by atoms with Gasteiger partial charge in [0.05, 0.1) is 24.5 Å². The first-order chi connectivity index (χ1) is 12.2. The molecule has 2 heterocycles. The van der Waals surface area contributed by atoms with Crippen LogP contribution in [-0.4, -0.2) is 25.5 Å². The van der Waals surface area contributed by atoms with E-state index in [0.29, 0.717) is 12.1 Å². The standard InChI is InChI=1S/C19H23N5O/c1-3-9-24-15(2)18(12-22-24)19(25)20-10-17-11-21-23(14-17)13-16-7-5-4-6-8-16/h4-8,11-12,14H,3,9-10,13H2,1-2H3,(H,20,25). The van der Waals surface area contributed by atoms with Crippen molar-refractivity contribution in [3.8, 4) is 0 Å². The van der Waals surface area contributed by atoms with Crippen LogP contribution in [0.25, 0.3) is 0 Å². The minimum atomic E-state index is -0.101. The fraction of sp³-hybridized carbons (Fsp3) is 0.316. The van der Waals surface area contributed by atoms with Gasteiger partial charge in [0.25, 0.3) is 5.91 Å². The van der Waals surface area contributed by atoms with Gasteiger partial charge in [0.1, 0.15) is 0 Å². The molecule has 2 aromatic heterocycles. The molecular formula is C19H23N5O. The number of aryl methyl sites for hydroxylation is 1. The van der Waals surface area contributed by atoms with Gasteiger partial charge in [-0.15, -0.1) is 0 Å². The van der Waals surface area contributed by atoms with E-state index in [4.69, 9.17) is 0 Å². The molecular weight excluding hydrogens is 314 g/mol. The van der Waals surface area contributed by atoms with Gasteiger partial charge in [-0.2, -0.15) is 10.2 Å². The van der Waals surface area contributed by atoms with Crippen LogP contribution < -0.4 is 5.32 Å². The molecule has 1 amide bonds. The summed E-state index contributed by atoms with van der Waals surface area (Å²) in [6.45, 7) is 6.01. The summed E-state index contributed by atoms with van der Waals surface area (Å²) in [6, 6.07) is 10.2. The molecule has 1 N–H and O–H groups in total. The molecule has 3 rings (SSSR count). The fourth-order valence-electron chi connectivity index (χ4n) is 2.74. The summed E-state index contributed by atoms with van der Waals surface area (Å²) in [5.41, 5.74) is 3.70. The van der Waals surface area contributed by atoms with Gasteiger partial charge < -0.3 is 5.32 Å². The number of aromatic nitrogens is 4. The normalized spacial score (nSPS) is 10.8. The van der Waals surface area contributed by atoms with Crippen molar-refractivity contribution in [2.45, 2.75) is 39.9 Å². The quantitative estimate of drug-likeness (QED) is 0.721. The van der Waals surface area contributed by atoms with Crippen molar-refractivity contribution in [3.63, 3.8) is 0 Å². The number of amides is 1. The van der Waals surface area contributed by atoms with E-state index >= 15 is 0 Å². The maximum Gasteiger partial charge on any atom is 0.255 e. The highest BCUT2D eigenvalue weighted by molar-refractivity contribution is 5.94. The maximum absolute atomic E-state index is 12.4. The van der Waals surface area contributed by atoms with Crippen molar-refractivity contribution in [1.29, 1.82) is 0 Å². The Morgan fingerprint density at radius 2 is 1.92 bits per heavy atom. The highest BCUT2D eigenvalue weighted by Crippen LogP contribution is 2.09. The third-order valence-electron chi connectivity index (χ3n) is 4.11. The van der Waals surface area contributed by atoms with Crippen LogP contribution in [0.4, 0.5) is 0 Å². The molecule has 6 nitrogen and oxygen atoms in total. The summed E-state index contributed by atoms with van der Waals surface area (Å²) in [5, 5.41) is 11.6. The van der Waals surface area contributed by atoms with Crippen LogP contribution in [0.5, 0.6) is 0 Å². The second-order valence-corrected chi connectivity index (χ2v) is 6.08. The first kappa shape index (κ1) is 17.0. The molecule has 0 radical (unpaired) electrons. The molecule has 0 unspecified atom stereocenters. The monoisotopic (exact) mass is 337 g/mol. The van der Waals surface area contributed by atoms with E-state index in [0.717, 1.165) is 30.8 Å². The van der Waals surface area contributed by atoms with Crippen molar-refractivity contribution < 1.29 is 4.79 Å². The summed E-state index contributed by atoms with van der Waals surface area (Å²) in [7, 11) is 0.